The van der Waals surface area contributed by atoms with Gasteiger partial charge in [0.1, 0.15) is 34.4 Å². The number of alkyl halides is 1. The van der Waals surface area contributed by atoms with E-state index in [1.54, 1.807) is 41.8 Å². The van der Waals surface area contributed by atoms with Crippen LogP contribution in [0.15, 0.2) is 138 Å². The quantitative estimate of drug-likeness (QED) is 0.0601. The van der Waals surface area contributed by atoms with Crippen LogP contribution < -0.4 is 15.5 Å². The number of halogens is 5. The van der Waals surface area contributed by atoms with Gasteiger partial charge in [0.25, 0.3) is 11.8 Å². The van der Waals surface area contributed by atoms with Gasteiger partial charge >= 0.3 is 0 Å². The molecule has 70 heavy (non-hydrogen) atoms. The molecule has 2 aliphatic heterocycles. The largest absolute Gasteiger partial charge is 0.353 e. The lowest BCUT2D eigenvalue weighted by molar-refractivity contribution is -0.136. The summed E-state index contributed by atoms with van der Waals surface area (Å²) >= 11 is 4.95. The van der Waals surface area contributed by atoms with Crippen LogP contribution in [0.1, 0.15) is 84.4 Å². The van der Waals surface area contributed by atoms with Crippen molar-refractivity contribution in [3.8, 4) is 0 Å². The molecular formula is C55H58BrF4N5O4S. The molecule has 0 bridgehead atoms. The fourth-order valence-electron chi connectivity index (χ4n) is 7.96. The van der Waals surface area contributed by atoms with E-state index in [2.05, 4.69) is 79.5 Å². The highest BCUT2D eigenvalue weighted by Crippen LogP contribution is 2.32. The minimum atomic E-state index is -0.885. The molecule has 0 spiro atoms. The predicted octanol–water partition coefficient (Wildman–Crippen LogP) is 13.4. The zero-order valence-electron chi connectivity index (χ0n) is 39.8. The lowest BCUT2D eigenvalue weighted by Gasteiger charge is -2.30. The van der Waals surface area contributed by atoms with Gasteiger partial charge in [-0.3, -0.25) is 14.5 Å². The summed E-state index contributed by atoms with van der Waals surface area (Å²) in [6, 6.07) is 31.9. The van der Waals surface area contributed by atoms with Crippen molar-refractivity contribution < 1.29 is 36.6 Å². The Morgan fingerprint density at radius 3 is 1.61 bits per heavy atom. The second kappa shape index (κ2) is 26.9. The number of nitrogens with one attached hydrogen (secondary N) is 2. The van der Waals surface area contributed by atoms with E-state index in [1.807, 2.05) is 49.6 Å². The smallest absolute Gasteiger partial charge is 0.261 e. The first-order chi connectivity index (χ1) is 33.9. The lowest BCUT2D eigenvalue weighted by Crippen LogP contribution is -2.30. The minimum Gasteiger partial charge on any atom is -0.353 e. The summed E-state index contributed by atoms with van der Waals surface area (Å²) in [7, 11) is 0. The molecule has 5 aromatic carbocycles. The van der Waals surface area contributed by atoms with Gasteiger partial charge in [-0.05, 0) is 117 Å². The van der Waals surface area contributed by atoms with Crippen LogP contribution in [0.2, 0.25) is 0 Å². The SMILES string of the molecule is CC1=C(c2ccc(NC(=O)c3c(F)cccc3F)cc2)CN(Cc2ccccc2)CC1.CC1=C(c2ccc(NC(=O)c3c(F)cccc3F)cc2)CN(c2nccs2)CC1.CCOC(CCBr)OCC. The Balaban J connectivity index is 0.000000193. The van der Waals surface area contributed by atoms with Gasteiger partial charge in [-0.2, -0.15) is 0 Å². The number of carbonyl (C=O) groups is 2. The molecular weight excluding hydrogens is 983 g/mol. The minimum absolute atomic E-state index is 0.0191. The zero-order chi connectivity index (χ0) is 50.0. The molecule has 2 amide bonds. The summed E-state index contributed by atoms with van der Waals surface area (Å²) in [6.45, 7) is 14.2. The summed E-state index contributed by atoms with van der Waals surface area (Å²) in [4.78, 5) is 33.6. The van der Waals surface area contributed by atoms with E-state index in [1.165, 1.54) is 40.0 Å². The number of hydrogen-bond acceptors (Lipinski definition) is 8. The molecule has 0 radical (unpaired) electrons. The van der Waals surface area contributed by atoms with Gasteiger partial charge in [0.15, 0.2) is 11.4 Å². The number of benzene rings is 5. The maximum Gasteiger partial charge on any atom is 0.261 e. The number of thiazole rings is 1. The fraction of sp³-hybridized carbons (Fsp3) is 0.291. The van der Waals surface area contributed by atoms with Gasteiger partial charge in [0.2, 0.25) is 0 Å². The molecule has 0 saturated carbocycles. The van der Waals surface area contributed by atoms with Crippen LogP contribution in [-0.4, -0.2) is 72.7 Å². The van der Waals surface area contributed by atoms with Crippen molar-refractivity contribution in [2.45, 2.75) is 59.8 Å². The lowest BCUT2D eigenvalue weighted by atomic mass is 9.94. The predicted molar refractivity (Wildman–Crippen MR) is 277 cm³/mol. The van der Waals surface area contributed by atoms with Crippen LogP contribution in [0.5, 0.6) is 0 Å². The highest BCUT2D eigenvalue weighted by molar-refractivity contribution is 9.09. The van der Waals surface area contributed by atoms with Crippen molar-refractivity contribution in [3.63, 3.8) is 0 Å². The number of rotatable bonds is 15. The first-order valence-electron chi connectivity index (χ1n) is 23.2. The van der Waals surface area contributed by atoms with Crippen molar-refractivity contribution in [2.24, 2.45) is 0 Å². The van der Waals surface area contributed by atoms with Gasteiger partial charge in [0, 0.05) is 80.6 Å². The van der Waals surface area contributed by atoms with Gasteiger partial charge in [-0.15, -0.1) is 11.3 Å². The van der Waals surface area contributed by atoms with Gasteiger partial charge < -0.3 is 25.0 Å². The van der Waals surface area contributed by atoms with Gasteiger partial charge in [-0.1, -0.05) is 93.8 Å². The molecule has 1 aromatic heterocycles. The summed E-state index contributed by atoms with van der Waals surface area (Å²) in [5.41, 5.74) is 8.43. The number of nitrogens with zero attached hydrogens (tertiary/aromatic N) is 3. The normalized spacial score (nSPS) is 13.9. The van der Waals surface area contributed by atoms with Crippen molar-refractivity contribution in [1.29, 1.82) is 0 Å². The third-order valence-corrected chi connectivity index (χ3v) is 13.0. The highest BCUT2D eigenvalue weighted by atomic mass is 79.9. The van der Waals surface area contributed by atoms with E-state index in [4.69, 9.17) is 9.47 Å². The third-order valence-electron chi connectivity index (χ3n) is 11.7. The maximum atomic E-state index is 13.8. The Morgan fingerprint density at radius 1 is 0.671 bits per heavy atom. The van der Waals surface area contributed by atoms with Crippen molar-refractivity contribution in [1.82, 2.24) is 9.88 Å². The third kappa shape index (κ3) is 15.0. The molecule has 0 saturated heterocycles. The van der Waals surface area contributed by atoms with Gasteiger partial charge in [-0.25, -0.2) is 22.5 Å². The molecule has 8 rings (SSSR count). The molecule has 0 aliphatic carbocycles. The molecule has 368 valence electrons. The van der Waals surface area contributed by atoms with E-state index >= 15 is 0 Å². The van der Waals surface area contributed by atoms with Crippen LogP contribution in [0, 0.1) is 23.3 Å². The van der Waals surface area contributed by atoms with Crippen molar-refractivity contribution in [3.05, 3.63) is 189 Å². The molecule has 0 unspecified atom stereocenters. The van der Waals surface area contributed by atoms with Crippen LogP contribution >= 0.6 is 27.3 Å². The Morgan fingerprint density at radius 2 is 1.16 bits per heavy atom. The maximum absolute atomic E-state index is 13.8. The average Bonchev–Trinajstić information content (AvgIpc) is 3.90. The first-order valence-corrected chi connectivity index (χ1v) is 25.2. The van der Waals surface area contributed by atoms with Gasteiger partial charge in [0.05, 0.1) is 0 Å². The van der Waals surface area contributed by atoms with E-state index < -0.39 is 46.2 Å². The summed E-state index contributed by atoms with van der Waals surface area (Å²) in [6.07, 6.45) is 4.67. The Hall–Kier alpha value is -5.97. The molecule has 9 nitrogen and oxygen atoms in total. The number of amides is 2. The van der Waals surface area contributed by atoms with Crippen LogP contribution in [-0.2, 0) is 16.0 Å². The topological polar surface area (TPSA) is 96.0 Å². The summed E-state index contributed by atoms with van der Waals surface area (Å²) in [5, 5.41) is 9.04. The van der Waals surface area contributed by atoms with Crippen LogP contribution in [0.4, 0.5) is 34.1 Å². The zero-order valence-corrected chi connectivity index (χ0v) is 42.2. The Kier molecular flexibility index (Phi) is 20.5. The number of ether oxygens (including phenoxy) is 2. The number of anilines is 3. The summed E-state index contributed by atoms with van der Waals surface area (Å²) in [5.74, 6) is -5.14. The molecule has 6 aromatic rings. The number of hydrogen-bond donors (Lipinski definition) is 2. The Bertz CT molecular complexity index is 2650. The number of aromatic nitrogens is 1. The molecule has 0 fully saturated rings. The number of carbonyl (C=O) groups excluding carboxylic acids is 2. The van der Waals surface area contributed by atoms with E-state index in [0.29, 0.717) is 11.4 Å². The van der Waals surface area contributed by atoms with E-state index in [0.717, 1.165) is 111 Å². The van der Waals surface area contributed by atoms with E-state index in [9.17, 15) is 27.2 Å². The molecule has 2 aliphatic rings. The second-order valence-corrected chi connectivity index (χ2v) is 18.2. The molecule has 3 heterocycles. The monoisotopic (exact) mass is 1040 g/mol. The second-order valence-electron chi connectivity index (χ2n) is 16.5. The van der Waals surface area contributed by atoms with Crippen LogP contribution in [0.3, 0.4) is 0 Å². The van der Waals surface area contributed by atoms with Crippen LogP contribution in [0.25, 0.3) is 11.1 Å². The van der Waals surface area contributed by atoms with E-state index in [-0.39, 0.29) is 6.29 Å². The Labute approximate surface area is 420 Å². The highest BCUT2D eigenvalue weighted by Gasteiger charge is 2.22. The summed E-state index contributed by atoms with van der Waals surface area (Å²) < 4.78 is 65.8. The molecule has 2 N–H and O–H groups in total. The van der Waals surface area contributed by atoms with Crippen molar-refractivity contribution in [2.75, 3.05) is 60.3 Å². The molecule has 15 heteroatoms. The fourth-order valence-corrected chi connectivity index (χ4v) is 9.01. The standard InChI is InChI=1S/C26H24F2N2O.C22H19F2N3OS.C7H15BrO2/c1-18-14-15-30(16-19-6-3-2-4-7-19)17-22(18)20-10-12-21(13-11-20)29-26(31)25-23(27)8-5-9-24(25)28;1-14-9-11-27(22-25-10-12-29-22)13-17(14)15-5-7-16(8-6-15)26-21(28)20-18(23)3-2-4-19(20)24;1-3-9-7(5-6-8)10-4-2/h2-13H,14-17H2,1H3,(H,29,31);2-8,10,12H,9,11,13H2,1H3,(H,26,28);7H,3-6H2,1-2H3. The molecule has 0 atom stereocenters. The first kappa shape index (κ1) is 53.4. The average molecular weight is 1040 g/mol. The van der Waals surface area contributed by atoms with Crippen molar-refractivity contribution >= 4 is 66.7 Å².